The highest BCUT2D eigenvalue weighted by Crippen LogP contribution is 1.87. The minimum Gasteiger partial charge on any atom is -0.448 e. The number of carbonyl (C=O) groups is 1. The average molecular weight is 236 g/mol. The minimum absolute atomic E-state index is 0.00846. The second-order valence-corrected chi connectivity index (χ2v) is 3.00. The van der Waals surface area contributed by atoms with E-state index >= 15 is 0 Å². The fourth-order valence-corrected chi connectivity index (χ4v) is 0.806. The third kappa shape index (κ3) is 11.1. The first-order chi connectivity index (χ1) is 7.66. The molecule has 0 saturated carbocycles. The summed E-state index contributed by atoms with van der Waals surface area (Å²) in [5.41, 5.74) is 10.2. The topological polar surface area (TPSA) is 129 Å². The van der Waals surface area contributed by atoms with E-state index in [9.17, 15) is 4.79 Å². The lowest BCUT2D eigenvalue weighted by Crippen LogP contribution is -2.42. The van der Waals surface area contributed by atoms with Gasteiger partial charge in [0, 0.05) is 32.6 Å². The summed E-state index contributed by atoms with van der Waals surface area (Å²) in [5.74, 6) is 0. The highest BCUT2D eigenvalue weighted by atomic mass is 16.6. The number of hydrogen-bond donors (Lipinski definition) is 6. The van der Waals surface area contributed by atoms with Crippen LogP contribution in [0.2, 0.25) is 0 Å². The molecule has 0 saturated heterocycles. The third-order valence-corrected chi connectivity index (χ3v) is 1.55. The van der Waals surface area contributed by atoms with E-state index in [0.29, 0.717) is 19.6 Å². The Labute approximate surface area is 94.1 Å². The van der Waals surface area contributed by atoms with Crippen LogP contribution in [0.1, 0.15) is 6.42 Å². The van der Waals surface area contributed by atoms with Crippen molar-refractivity contribution in [3.05, 3.63) is 0 Å². The number of carbonyl (C=O) groups excluding carboxylic acids is 1. The number of amides is 1. The minimum atomic E-state index is -1.46. The number of hydrogen-bond acceptors (Lipinski definition) is 7. The van der Waals surface area contributed by atoms with Crippen LogP contribution in [0, 0.1) is 0 Å². The van der Waals surface area contributed by atoms with Crippen molar-refractivity contribution in [1.29, 1.82) is 0 Å². The van der Waals surface area contributed by atoms with Crippen molar-refractivity contribution in [2.45, 2.75) is 12.7 Å². The first-order valence-electron chi connectivity index (χ1n) is 5.09. The van der Waals surface area contributed by atoms with Gasteiger partial charge >= 0.3 is 6.09 Å². The zero-order chi connectivity index (χ0) is 12.2. The Hall–Kier alpha value is -0.930. The number of aliphatic hydroxyl groups is 2. The van der Waals surface area contributed by atoms with E-state index < -0.39 is 12.4 Å². The van der Waals surface area contributed by atoms with Crippen LogP contribution in [-0.2, 0) is 4.74 Å². The summed E-state index contributed by atoms with van der Waals surface area (Å²) in [6, 6.07) is 0. The highest BCUT2D eigenvalue weighted by molar-refractivity contribution is 5.66. The van der Waals surface area contributed by atoms with Gasteiger partial charge in [0.05, 0.1) is 6.61 Å². The molecule has 0 unspecified atom stereocenters. The molecule has 0 rings (SSSR count). The molecular formula is C8H20N4O4. The molecule has 0 aliphatic carbocycles. The van der Waals surface area contributed by atoms with Crippen LogP contribution in [0.15, 0.2) is 0 Å². The molecule has 0 aromatic heterocycles. The van der Waals surface area contributed by atoms with Crippen molar-refractivity contribution in [2.75, 3.05) is 32.8 Å². The molecular weight excluding hydrogens is 216 g/mol. The molecule has 7 N–H and O–H groups in total. The lowest BCUT2D eigenvalue weighted by molar-refractivity contribution is -0.0548. The molecule has 8 heteroatoms. The van der Waals surface area contributed by atoms with Gasteiger partial charge in [-0.15, -0.1) is 0 Å². The Morgan fingerprint density at radius 3 is 2.69 bits per heavy atom. The molecule has 0 radical (unpaired) electrons. The summed E-state index contributed by atoms with van der Waals surface area (Å²) in [4.78, 5) is 10.9. The lowest BCUT2D eigenvalue weighted by Gasteiger charge is -2.09. The predicted octanol–water partition coefficient (Wildman–Crippen LogP) is -2.53. The third-order valence-electron chi connectivity index (χ3n) is 1.55. The molecule has 0 aromatic rings. The quantitative estimate of drug-likeness (QED) is 0.148. The monoisotopic (exact) mass is 236 g/mol. The largest absolute Gasteiger partial charge is 0.448 e. The van der Waals surface area contributed by atoms with Gasteiger partial charge in [0.1, 0.15) is 0 Å². The van der Waals surface area contributed by atoms with E-state index in [1.165, 1.54) is 0 Å². The second-order valence-electron chi connectivity index (χ2n) is 3.00. The fourth-order valence-electron chi connectivity index (χ4n) is 0.806. The molecule has 1 amide bonds. The van der Waals surface area contributed by atoms with E-state index in [1.807, 2.05) is 0 Å². The van der Waals surface area contributed by atoms with Gasteiger partial charge < -0.3 is 26.0 Å². The molecule has 8 nitrogen and oxygen atoms in total. The first kappa shape index (κ1) is 15.1. The SMILES string of the molecule is NCCNCCNNC(=O)OCCC(O)O. The van der Waals surface area contributed by atoms with E-state index in [4.69, 9.17) is 15.9 Å². The maximum absolute atomic E-state index is 10.9. The second kappa shape index (κ2) is 10.6. The molecule has 0 atom stereocenters. The molecule has 0 fully saturated rings. The lowest BCUT2D eigenvalue weighted by atomic mass is 10.4. The Morgan fingerprint density at radius 1 is 1.31 bits per heavy atom. The molecule has 0 aliphatic heterocycles. The van der Waals surface area contributed by atoms with Crippen LogP contribution in [0.3, 0.4) is 0 Å². The maximum Gasteiger partial charge on any atom is 0.421 e. The van der Waals surface area contributed by atoms with E-state index in [1.54, 1.807) is 0 Å². The van der Waals surface area contributed by atoms with Crippen LogP contribution in [0.5, 0.6) is 0 Å². The summed E-state index contributed by atoms with van der Waals surface area (Å²) in [6.45, 7) is 2.46. The summed E-state index contributed by atoms with van der Waals surface area (Å²) < 4.78 is 4.61. The van der Waals surface area contributed by atoms with Gasteiger partial charge in [-0.1, -0.05) is 0 Å². The van der Waals surface area contributed by atoms with Crippen molar-refractivity contribution in [2.24, 2.45) is 5.73 Å². The van der Waals surface area contributed by atoms with Crippen LogP contribution >= 0.6 is 0 Å². The van der Waals surface area contributed by atoms with Crippen molar-refractivity contribution >= 4 is 6.09 Å². The molecule has 0 heterocycles. The van der Waals surface area contributed by atoms with Crippen molar-refractivity contribution in [3.63, 3.8) is 0 Å². The van der Waals surface area contributed by atoms with Gasteiger partial charge in [0.25, 0.3) is 0 Å². The number of rotatable bonds is 9. The van der Waals surface area contributed by atoms with E-state index in [-0.39, 0.29) is 13.0 Å². The maximum atomic E-state index is 10.9. The zero-order valence-electron chi connectivity index (χ0n) is 9.11. The van der Waals surface area contributed by atoms with Gasteiger partial charge in [0.2, 0.25) is 0 Å². The normalized spacial score (nSPS) is 10.5. The number of hydrazine groups is 1. The summed E-state index contributed by atoms with van der Waals surface area (Å²) in [5, 5.41) is 20.0. The first-order valence-corrected chi connectivity index (χ1v) is 5.09. The molecule has 0 bridgehead atoms. The summed E-state index contributed by atoms with van der Waals surface area (Å²) >= 11 is 0. The van der Waals surface area contributed by atoms with Crippen LogP contribution in [0.25, 0.3) is 0 Å². The smallest absolute Gasteiger partial charge is 0.421 e. The van der Waals surface area contributed by atoms with Crippen LogP contribution in [0.4, 0.5) is 4.79 Å². The number of nitrogens with two attached hydrogens (primary N) is 1. The molecule has 96 valence electrons. The van der Waals surface area contributed by atoms with Gasteiger partial charge in [-0.3, -0.25) is 5.43 Å². The van der Waals surface area contributed by atoms with Crippen LogP contribution < -0.4 is 21.9 Å². The van der Waals surface area contributed by atoms with Gasteiger partial charge in [-0.25, -0.2) is 10.2 Å². The Kier molecular flexibility index (Phi) is 9.97. The van der Waals surface area contributed by atoms with E-state index in [2.05, 4.69) is 20.9 Å². The molecule has 0 spiro atoms. The van der Waals surface area contributed by atoms with Gasteiger partial charge in [0.15, 0.2) is 6.29 Å². The zero-order valence-corrected chi connectivity index (χ0v) is 9.11. The summed E-state index contributed by atoms with van der Waals surface area (Å²) in [6.07, 6.45) is -2.12. The predicted molar refractivity (Wildman–Crippen MR) is 57.3 cm³/mol. The molecule has 0 aliphatic rings. The Bertz CT molecular complexity index is 179. The van der Waals surface area contributed by atoms with Gasteiger partial charge in [-0.2, -0.15) is 0 Å². The highest BCUT2D eigenvalue weighted by Gasteiger charge is 2.02. The average Bonchev–Trinajstić information content (AvgIpc) is 2.22. The fraction of sp³-hybridized carbons (Fsp3) is 0.875. The van der Waals surface area contributed by atoms with Crippen molar-refractivity contribution in [1.82, 2.24) is 16.2 Å². The summed E-state index contributed by atoms with van der Waals surface area (Å²) in [7, 11) is 0. The van der Waals surface area contributed by atoms with Gasteiger partial charge in [-0.05, 0) is 0 Å². The van der Waals surface area contributed by atoms with Crippen molar-refractivity contribution < 1.29 is 19.7 Å². The van der Waals surface area contributed by atoms with Crippen LogP contribution in [-0.4, -0.2) is 55.4 Å². The number of aliphatic hydroxyl groups excluding tert-OH is 1. The van der Waals surface area contributed by atoms with Crippen molar-refractivity contribution in [3.8, 4) is 0 Å². The molecule has 16 heavy (non-hydrogen) atoms. The van der Waals surface area contributed by atoms with E-state index in [0.717, 1.165) is 6.54 Å². The number of ether oxygens (including phenoxy) is 1. The number of nitrogens with one attached hydrogen (secondary N) is 3. The Morgan fingerprint density at radius 2 is 2.06 bits per heavy atom. The molecule has 0 aromatic carbocycles. The standard InChI is InChI=1S/C8H20N4O4/c9-2-3-10-4-5-11-12-8(15)16-6-1-7(13)14/h7,10-11,13-14H,1-6,9H2,(H,12,15). The Balaban J connectivity index is 3.17.